The van der Waals surface area contributed by atoms with Gasteiger partial charge >= 0.3 is 0 Å². The standard InChI is InChI=1S/C17H18N4O2S3/c1-11(14-7-4-8-24-14)18-15(22)10-25-17-21-20-16(26-17)19-12-5-3-6-13(9-12)23-2/h3-9,11H,10H2,1-2H3,(H,18,22)(H,19,20)/t11-/m0/s1. The Balaban J connectivity index is 1.49. The molecule has 136 valence electrons. The number of hydrogen-bond donors (Lipinski definition) is 2. The number of aromatic nitrogens is 2. The molecule has 1 amide bonds. The van der Waals surface area contributed by atoms with Crippen LogP contribution in [0.5, 0.6) is 5.75 Å². The highest BCUT2D eigenvalue weighted by Crippen LogP contribution is 2.28. The number of rotatable bonds is 8. The Kier molecular flexibility index (Phi) is 6.48. The molecule has 0 spiro atoms. The van der Waals surface area contributed by atoms with Gasteiger partial charge in [-0.1, -0.05) is 35.2 Å². The van der Waals surface area contributed by atoms with Gasteiger partial charge in [0.15, 0.2) is 4.34 Å². The Hall–Kier alpha value is -2.10. The van der Waals surface area contributed by atoms with E-state index in [1.54, 1.807) is 18.4 Å². The fourth-order valence-corrected chi connectivity index (χ4v) is 4.48. The van der Waals surface area contributed by atoms with Gasteiger partial charge in [-0.05, 0) is 30.5 Å². The number of ether oxygens (including phenoxy) is 1. The number of carbonyl (C=O) groups excluding carboxylic acids is 1. The number of amides is 1. The largest absolute Gasteiger partial charge is 0.497 e. The predicted octanol–water partition coefficient (Wildman–Crippen LogP) is 4.32. The first kappa shape index (κ1) is 18.7. The third-order valence-corrected chi connectivity index (χ3v) is 6.43. The fourth-order valence-electron chi connectivity index (χ4n) is 2.16. The zero-order chi connectivity index (χ0) is 18.4. The zero-order valence-corrected chi connectivity index (χ0v) is 16.7. The van der Waals surface area contributed by atoms with Gasteiger partial charge in [0.1, 0.15) is 5.75 Å². The van der Waals surface area contributed by atoms with Gasteiger partial charge in [0, 0.05) is 16.6 Å². The maximum absolute atomic E-state index is 12.1. The van der Waals surface area contributed by atoms with Gasteiger partial charge in [-0.15, -0.1) is 21.5 Å². The molecule has 0 bridgehead atoms. The summed E-state index contributed by atoms with van der Waals surface area (Å²) in [5.74, 6) is 1.06. The molecule has 0 aliphatic heterocycles. The van der Waals surface area contributed by atoms with Crippen LogP contribution in [0.15, 0.2) is 46.1 Å². The van der Waals surface area contributed by atoms with Crippen molar-refractivity contribution in [3.8, 4) is 5.75 Å². The van der Waals surface area contributed by atoms with Crippen molar-refractivity contribution in [1.82, 2.24) is 15.5 Å². The zero-order valence-electron chi connectivity index (χ0n) is 14.3. The summed E-state index contributed by atoms with van der Waals surface area (Å²) in [7, 11) is 1.63. The minimum Gasteiger partial charge on any atom is -0.497 e. The molecule has 1 aromatic carbocycles. The number of thiophene rings is 1. The van der Waals surface area contributed by atoms with Crippen molar-refractivity contribution < 1.29 is 9.53 Å². The average Bonchev–Trinajstić information content (AvgIpc) is 3.32. The molecule has 0 aliphatic carbocycles. The highest BCUT2D eigenvalue weighted by atomic mass is 32.2. The summed E-state index contributed by atoms with van der Waals surface area (Å²) in [5, 5.41) is 17.1. The lowest BCUT2D eigenvalue weighted by Crippen LogP contribution is -2.27. The van der Waals surface area contributed by atoms with Gasteiger partial charge in [-0.25, -0.2) is 0 Å². The van der Waals surface area contributed by atoms with E-state index in [1.807, 2.05) is 48.7 Å². The van der Waals surface area contributed by atoms with Crippen molar-refractivity contribution in [3.63, 3.8) is 0 Å². The summed E-state index contributed by atoms with van der Waals surface area (Å²) in [6.45, 7) is 1.98. The minimum atomic E-state index is -0.0200. The molecule has 26 heavy (non-hydrogen) atoms. The number of carbonyl (C=O) groups is 1. The number of nitrogens with zero attached hydrogens (tertiary/aromatic N) is 2. The van der Waals surface area contributed by atoms with E-state index in [0.717, 1.165) is 20.7 Å². The van der Waals surface area contributed by atoms with Crippen LogP contribution in [0.4, 0.5) is 10.8 Å². The van der Waals surface area contributed by atoms with Crippen LogP contribution in [0.25, 0.3) is 0 Å². The number of thioether (sulfide) groups is 1. The number of anilines is 2. The highest BCUT2D eigenvalue weighted by Gasteiger charge is 2.12. The summed E-state index contributed by atoms with van der Waals surface area (Å²) in [5.41, 5.74) is 0.875. The first-order valence-corrected chi connectivity index (χ1v) is 10.5. The maximum atomic E-state index is 12.1. The molecule has 0 unspecified atom stereocenters. The lowest BCUT2D eigenvalue weighted by Gasteiger charge is -2.11. The lowest BCUT2D eigenvalue weighted by molar-refractivity contribution is -0.119. The first-order chi connectivity index (χ1) is 12.6. The minimum absolute atomic E-state index is 0.0165. The van der Waals surface area contributed by atoms with Crippen LogP contribution in [-0.2, 0) is 4.79 Å². The van der Waals surface area contributed by atoms with Crippen LogP contribution in [0.2, 0.25) is 0 Å². The van der Waals surface area contributed by atoms with Crippen LogP contribution < -0.4 is 15.4 Å². The van der Waals surface area contributed by atoms with Crippen molar-refractivity contribution in [2.24, 2.45) is 0 Å². The van der Waals surface area contributed by atoms with Gasteiger partial charge in [0.2, 0.25) is 11.0 Å². The molecule has 0 radical (unpaired) electrons. The summed E-state index contributed by atoms with van der Waals surface area (Å²) in [6.07, 6.45) is 0. The first-order valence-electron chi connectivity index (χ1n) is 7.84. The second kappa shape index (κ2) is 9.02. The molecule has 6 nitrogen and oxygen atoms in total. The molecule has 1 atom stereocenters. The molecule has 0 saturated carbocycles. The predicted molar refractivity (Wildman–Crippen MR) is 108 cm³/mol. The van der Waals surface area contributed by atoms with E-state index in [0.29, 0.717) is 10.9 Å². The second-order valence-electron chi connectivity index (χ2n) is 5.32. The molecule has 0 fully saturated rings. The van der Waals surface area contributed by atoms with E-state index in [1.165, 1.54) is 23.1 Å². The van der Waals surface area contributed by atoms with Gasteiger partial charge in [0.05, 0.1) is 18.9 Å². The average molecular weight is 407 g/mol. The Bertz CT molecular complexity index is 851. The van der Waals surface area contributed by atoms with E-state index in [-0.39, 0.29) is 11.9 Å². The van der Waals surface area contributed by atoms with Crippen LogP contribution in [0.1, 0.15) is 17.8 Å². The molecule has 0 aliphatic rings. The van der Waals surface area contributed by atoms with Crippen LogP contribution >= 0.6 is 34.4 Å². The number of methoxy groups -OCH3 is 1. The molecule has 2 aromatic heterocycles. The van der Waals surface area contributed by atoms with Gasteiger partial charge in [-0.3, -0.25) is 4.79 Å². The molecule has 3 rings (SSSR count). The molecule has 0 saturated heterocycles. The third-order valence-electron chi connectivity index (χ3n) is 3.40. The summed E-state index contributed by atoms with van der Waals surface area (Å²) < 4.78 is 5.95. The lowest BCUT2D eigenvalue weighted by atomic mass is 10.3. The molecule has 9 heteroatoms. The van der Waals surface area contributed by atoms with E-state index in [4.69, 9.17) is 4.74 Å². The Labute approximate surface area is 164 Å². The van der Waals surface area contributed by atoms with E-state index in [2.05, 4.69) is 20.8 Å². The maximum Gasteiger partial charge on any atom is 0.230 e. The Morgan fingerprint density at radius 3 is 2.96 bits per heavy atom. The quantitative estimate of drug-likeness (QED) is 0.543. The Morgan fingerprint density at radius 1 is 1.31 bits per heavy atom. The number of benzene rings is 1. The smallest absolute Gasteiger partial charge is 0.230 e. The van der Waals surface area contributed by atoms with Crippen LogP contribution in [-0.4, -0.2) is 29.0 Å². The molecular formula is C17H18N4O2S3. The molecule has 3 aromatic rings. The number of nitrogens with one attached hydrogen (secondary N) is 2. The molecule has 2 heterocycles. The normalized spacial score (nSPS) is 11.8. The van der Waals surface area contributed by atoms with Gasteiger partial charge in [-0.2, -0.15) is 0 Å². The SMILES string of the molecule is COc1cccc(Nc2nnc(SCC(=O)N[C@@H](C)c3cccs3)s2)c1. The monoisotopic (exact) mass is 406 g/mol. The van der Waals surface area contributed by atoms with Gasteiger partial charge < -0.3 is 15.4 Å². The van der Waals surface area contributed by atoms with Crippen LogP contribution in [0, 0.1) is 0 Å². The van der Waals surface area contributed by atoms with Crippen molar-refractivity contribution in [2.45, 2.75) is 17.3 Å². The summed E-state index contributed by atoms with van der Waals surface area (Å²) in [6, 6.07) is 11.6. The molecular weight excluding hydrogens is 388 g/mol. The fraction of sp³-hybridized carbons (Fsp3) is 0.235. The van der Waals surface area contributed by atoms with Gasteiger partial charge in [0.25, 0.3) is 0 Å². The number of hydrogen-bond acceptors (Lipinski definition) is 8. The van der Waals surface area contributed by atoms with Crippen molar-refractivity contribution >= 4 is 51.2 Å². The molecule has 2 N–H and O–H groups in total. The van der Waals surface area contributed by atoms with E-state index >= 15 is 0 Å². The van der Waals surface area contributed by atoms with Crippen molar-refractivity contribution in [2.75, 3.05) is 18.2 Å². The third kappa shape index (κ3) is 5.20. The summed E-state index contributed by atoms with van der Waals surface area (Å²) in [4.78, 5) is 13.2. The van der Waals surface area contributed by atoms with E-state index in [9.17, 15) is 4.79 Å². The van der Waals surface area contributed by atoms with Crippen LogP contribution in [0.3, 0.4) is 0 Å². The van der Waals surface area contributed by atoms with Crippen molar-refractivity contribution in [1.29, 1.82) is 0 Å². The van der Waals surface area contributed by atoms with Crippen molar-refractivity contribution in [3.05, 3.63) is 46.7 Å². The second-order valence-corrected chi connectivity index (χ2v) is 8.50. The Morgan fingerprint density at radius 2 is 2.19 bits per heavy atom. The highest BCUT2D eigenvalue weighted by molar-refractivity contribution is 8.01. The summed E-state index contributed by atoms with van der Waals surface area (Å²) >= 11 is 4.42. The topological polar surface area (TPSA) is 76.1 Å². The van der Waals surface area contributed by atoms with E-state index < -0.39 is 0 Å².